The first-order chi connectivity index (χ1) is 5.76. The van der Waals surface area contributed by atoms with E-state index < -0.39 is 0 Å². The third-order valence-electron chi connectivity index (χ3n) is 2.09. The molecule has 3 N–H and O–H groups in total. The van der Waals surface area contributed by atoms with Crippen molar-refractivity contribution < 1.29 is 0 Å². The number of guanidine groups is 1. The molecule has 0 amide bonds. The Morgan fingerprint density at radius 1 is 1.67 bits per heavy atom. The third-order valence-corrected chi connectivity index (χ3v) is 2.09. The average molecular weight is 170 g/mol. The van der Waals surface area contributed by atoms with Gasteiger partial charge in [-0.25, -0.2) is 0 Å². The lowest BCUT2D eigenvalue weighted by atomic mass is 10.1. The van der Waals surface area contributed by atoms with Crippen molar-refractivity contribution in [2.75, 3.05) is 26.7 Å². The molecule has 1 aliphatic heterocycles. The Kier molecular flexibility index (Phi) is 3.34. The monoisotopic (exact) mass is 170 g/mol. The van der Waals surface area contributed by atoms with E-state index >= 15 is 0 Å². The zero-order chi connectivity index (χ0) is 8.97. The molecule has 0 saturated carbocycles. The molecule has 70 valence electrons. The van der Waals surface area contributed by atoms with E-state index in [0.717, 1.165) is 13.1 Å². The van der Waals surface area contributed by atoms with Crippen LogP contribution in [0.5, 0.6) is 0 Å². The maximum absolute atomic E-state index is 5.52. The van der Waals surface area contributed by atoms with E-state index in [1.54, 1.807) is 7.05 Å². The molecule has 0 spiro atoms. The maximum atomic E-state index is 5.52. The van der Waals surface area contributed by atoms with Crippen LogP contribution in [0.3, 0.4) is 0 Å². The molecule has 4 nitrogen and oxygen atoms in total. The Balaban J connectivity index is 2.09. The van der Waals surface area contributed by atoms with Crippen molar-refractivity contribution >= 4 is 5.96 Å². The van der Waals surface area contributed by atoms with Crippen molar-refractivity contribution in [1.29, 1.82) is 0 Å². The van der Waals surface area contributed by atoms with Crippen molar-refractivity contribution in [3.8, 4) is 0 Å². The molecule has 1 fully saturated rings. The van der Waals surface area contributed by atoms with E-state index in [0.29, 0.717) is 12.0 Å². The molecule has 1 heterocycles. The summed E-state index contributed by atoms with van der Waals surface area (Å²) in [6.45, 7) is 5.60. The number of nitrogens with two attached hydrogens (primary N) is 1. The quantitative estimate of drug-likeness (QED) is 0.448. The molecule has 0 aromatic heterocycles. The number of nitrogens with zero attached hydrogens (tertiary/aromatic N) is 2. The molecule has 0 radical (unpaired) electrons. The number of aliphatic imine (C=N–C) groups is 1. The van der Waals surface area contributed by atoms with Gasteiger partial charge in [-0.3, -0.25) is 9.89 Å². The molecule has 0 atom stereocenters. The highest BCUT2D eigenvalue weighted by molar-refractivity contribution is 5.78. The van der Waals surface area contributed by atoms with Crippen LogP contribution in [0.25, 0.3) is 0 Å². The summed E-state index contributed by atoms with van der Waals surface area (Å²) < 4.78 is 0. The van der Waals surface area contributed by atoms with E-state index in [2.05, 4.69) is 22.1 Å². The zero-order valence-electron chi connectivity index (χ0n) is 7.88. The minimum absolute atomic E-state index is 0.514. The number of likely N-dealkylation sites (tertiary alicyclic amines) is 1. The highest BCUT2D eigenvalue weighted by Gasteiger charge is 2.25. The van der Waals surface area contributed by atoms with Crippen molar-refractivity contribution in [2.24, 2.45) is 10.7 Å². The number of nitrogens with one attached hydrogen (secondary N) is 1. The maximum Gasteiger partial charge on any atom is 0.188 e. The summed E-state index contributed by atoms with van der Waals surface area (Å²) >= 11 is 0. The Morgan fingerprint density at radius 2 is 2.33 bits per heavy atom. The van der Waals surface area contributed by atoms with Gasteiger partial charge in [-0.1, -0.05) is 6.92 Å². The highest BCUT2D eigenvalue weighted by Crippen LogP contribution is 2.06. The average Bonchev–Trinajstić information content (AvgIpc) is 2.00. The molecule has 1 aliphatic rings. The van der Waals surface area contributed by atoms with Gasteiger partial charge in [0.2, 0.25) is 0 Å². The van der Waals surface area contributed by atoms with Crippen molar-refractivity contribution in [1.82, 2.24) is 10.2 Å². The fourth-order valence-electron chi connectivity index (χ4n) is 1.43. The van der Waals surface area contributed by atoms with Gasteiger partial charge in [-0.15, -0.1) is 0 Å². The normalized spacial score (nSPS) is 20.7. The molecule has 4 heteroatoms. The van der Waals surface area contributed by atoms with E-state index in [1.807, 2.05) is 0 Å². The Labute approximate surface area is 73.8 Å². The van der Waals surface area contributed by atoms with E-state index in [1.165, 1.54) is 13.0 Å². The summed E-state index contributed by atoms with van der Waals surface area (Å²) in [5.41, 5.74) is 5.52. The Morgan fingerprint density at radius 3 is 2.83 bits per heavy atom. The summed E-state index contributed by atoms with van der Waals surface area (Å²) in [6.07, 6.45) is 1.23. The minimum Gasteiger partial charge on any atom is -0.370 e. The Hall–Kier alpha value is -0.770. The van der Waals surface area contributed by atoms with Crippen LogP contribution in [0.1, 0.15) is 13.3 Å². The van der Waals surface area contributed by atoms with Crippen LogP contribution in [0.2, 0.25) is 0 Å². The number of hydrogen-bond acceptors (Lipinski definition) is 2. The second-order valence-corrected chi connectivity index (χ2v) is 3.21. The second-order valence-electron chi connectivity index (χ2n) is 3.21. The van der Waals surface area contributed by atoms with Gasteiger partial charge in [0.25, 0.3) is 0 Å². The highest BCUT2D eigenvalue weighted by atomic mass is 15.3. The lowest BCUT2D eigenvalue weighted by molar-refractivity contribution is 0.139. The summed E-state index contributed by atoms with van der Waals surface area (Å²) in [5.74, 6) is 0.552. The molecule has 1 rings (SSSR count). The fraction of sp³-hybridized carbons (Fsp3) is 0.875. The first-order valence-electron chi connectivity index (χ1n) is 4.47. The lowest BCUT2D eigenvalue weighted by Crippen LogP contribution is -2.60. The van der Waals surface area contributed by atoms with Gasteiger partial charge in [-0.2, -0.15) is 0 Å². The SMILES string of the molecule is CCCN1CC(NC(N)=NC)C1. The molecule has 0 aromatic carbocycles. The van der Waals surface area contributed by atoms with Gasteiger partial charge >= 0.3 is 0 Å². The smallest absolute Gasteiger partial charge is 0.188 e. The molecule has 1 saturated heterocycles. The van der Waals surface area contributed by atoms with Crippen LogP contribution < -0.4 is 11.1 Å². The standard InChI is InChI=1S/C8H18N4/c1-3-4-12-5-7(6-12)11-8(9)10-2/h7H,3-6H2,1-2H3,(H3,9,10,11). The van der Waals surface area contributed by atoms with Gasteiger partial charge in [0.15, 0.2) is 5.96 Å². The van der Waals surface area contributed by atoms with Crippen LogP contribution in [-0.4, -0.2) is 43.6 Å². The van der Waals surface area contributed by atoms with Crippen molar-refractivity contribution in [2.45, 2.75) is 19.4 Å². The van der Waals surface area contributed by atoms with E-state index in [-0.39, 0.29) is 0 Å². The van der Waals surface area contributed by atoms with Gasteiger partial charge in [0, 0.05) is 20.1 Å². The molecule has 0 aliphatic carbocycles. The molecule has 0 aromatic rings. The first-order valence-corrected chi connectivity index (χ1v) is 4.47. The van der Waals surface area contributed by atoms with Crippen LogP contribution in [0.4, 0.5) is 0 Å². The molecular weight excluding hydrogens is 152 g/mol. The first kappa shape index (κ1) is 9.32. The molecular formula is C8H18N4. The fourth-order valence-corrected chi connectivity index (χ4v) is 1.43. The summed E-state index contributed by atoms with van der Waals surface area (Å²) in [7, 11) is 1.70. The predicted octanol–water partition coefficient (Wildman–Crippen LogP) is -0.385. The van der Waals surface area contributed by atoms with Gasteiger partial charge < -0.3 is 11.1 Å². The number of hydrogen-bond donors (Lipinski definition) is 2. The van der Waals surface area contributed by atoms with Crippen LogP contribution in [-0.2, 0) is 0 Å². The minimum atomic E-state index is 0.514. The Bertz CT molecular complexity index is 160. The van der Waals surface area contributed by atoms with Gasteiger partial charge in [-0.05, 0) is 13.0 Å². The predicted molar refractivity (Wildman–Crippen MR) is 51.2 cm³/mol. The number of rotatable bonds is 3. The topological polar surface area (TPSA) is 53.6 Å². The molecule has 0 bridgehead atoms. The van der Waals surface area contributed by atoms with Crippen LogP contribution in [0, 0.1) is 0 Å². The van der Waals surface area contributed by atoms with Gasteiger partial charge in [0.05, 0.1) is 6.04 Å². The summed E-state index contributed by atoms with van der Waals surface area (Å²) in [4.78, 5) is 6.25. The summed E-state index contributed by atoms with van der Waals surface area (Å²) in [5, 5.41) is 3.14. The molecule has 12 heavy (non-hydrogen) atoms. The van der Waals surface area contributed by atoms with E-state index in [9.17, 15) is 0 Å². The van der Waals surface area contributed by atoms with E-state index in [4.69, 9.17) is 5.73 Å². The summed E-state index contributed by atoms with van der Waals surface area (Å²) in [6, 6.07) is 0.514. The zero-order valence-corrected chi connectivity index (χ0v) is 7.88. The lowest BCUT2D eigenvalue weighted by Gasteiger charge is -2.39. The largest absolute Gasteiger partial charge is 0.370 e. The van der Waals surface area contributed by atoms with Crippen molar-refractivity contribution in [3.05, 3.63) is 0 Å². The van der Waals surface area contributed by atoms with Crippen molar-refractivity contribution in [3.63, 3.8) is 0 Å². The van der Waals surface area contributed by atoms with Crippen LogP contribution >= 0.6 is 0 Å². The second kappa shape index (κ2) is 4.30. The molecule has 0 unspecified atom stereocenters. The van der Waals surface area contributed by atoms with Crippen LogP contribution in [0.15, 0.2) is 4.99 Å². The van der Waals surface area contributed by atoms with Gasteiger partial charge in [0.1, 0.15) is 0 Å². The third kappa shape index (κ3) is 2.37.